The van der Waals surface area contributed by atoms with Crippen LogP contribution in [0.2, 0.25) is 0 Å². The highest BCUT2D eigenvalue weighted by Crippen LogP contribution is 2.20. The number of carbonyl (C=O) groups is 1. The van der Waals surface area contributed by atoms with Gasteiger partial charge in [-0.05, 0) is 37.6 Å². The van der Waals surface area contributed by atoms with Crippen LogP contribution in [0.5, 0.6) is 0 Å². The van der Waals surface area contributed by atoms with Gasteiger partial charge in [0.2, 0.25) is 0 Å². The van der Waals surface area contributed by atoms with Crippen LogP contribution in [-0.4, -0.2) is 29.1 Å². The number of rotatable bonds is 6. The minimum atomic E-state index is -0.840. The Kier molecular flexibility index (Phi) is 7.55. The number of carboxylic acid groups (broad SMARTS) is 1. The van der Waals surface area contributed by atoms with Crippen LogP contribution in [0.4, 0.5) is 4.39 Å². The van der Waals surface area contributed by atoms with Gasteiger partial charge in [0.15, 0.2) is 0 Å². The fourth-order valence-electron chi connectivity index (χ4n) is 1.82. The number of halogens is 2. The lowest BCUT2D eigenvalue weighted by Gasteiger charge is -2.27. The third-order valence-corrected chi connectivity index (χ3v) is 2.75. The van der Waals surface area contributed by atoms with Crippen molar-refractivity contribution in [3.8, 4) is 0 Å². The van der Waals surface area contributed by atoms with Crippen molar-refractivity contribution < 1.29 is 14.3 Å². The molecule has 0 heterocycles. The largest absolute Gasteiger partial charge is 0.480 e. The third kappa shape index (κ3) is 5.02. The van der Waals surface area contributed by atoms with Crippen LogP contribution in [0.25, 0.3) is 0 Å². The molecule has 1 aromatic rings. The van der Waals surface area contributed by atoms with Gasteiger partial charge >= 0.3 is 5.97 Å². The summed E-state index contributed by atoms with van der Waals surface area (Å²) in [5.74, 6) is -1.12. The van der Waals surface area contributed by atoms with Crippen LogP contribution in [0.15, 0.2) is 24.3 Å². The highest BCUT2D eigenvalue weighted by Gasteiger charge is 2.17. The van der Waals surface area contributed by atoms with E-state index in [1.807, 2.05) is 18.7 Å². The van der Waals surface area contributed by atoms with E-state index in [9.17, 15) is 9.18 Å². The van der Waals surface area contributed by atoms with Gasteiger partial charge in [0.25, 0.3) is 0 Å². The van der Waals surface area contributed by atoms with Gasteiger partial charge < -0.3 is 5.11 Å². The molecular weight excluding hydrogens is 257 g/mol. The van der Waals surface area contributed by atoms with E-state index in [1.54, 1.807) is 12.1 Å². The maximum atomic E-state index is 12.8. The first-order chi connectivity index (χ1) is 8.04. The zero-order chi connectivity index (χ0) is 12.8. The molecule has 1 unspecified atom stereocenters. The zero-order valence-electron chi connectivity index (χ0n) is 10.6. The third-order valence-electron chi connectivity index (χ3n) is 2.75. The number of hydrogen-bond donors (Lipinski definition) is 1. The van der Waals surface area contributed by atoms with E-state index >= 15 is 0 Å². The second-order valence-electron chi connectivity index (χ2n) is 4.09. The molecule has 0 bridgehead atoms. The molecule has 1 N–H and O–H groups in total. The first-order valence-electron chi connectivity index (χ1n) is 5.76. The fourth-order valence-corrected chi connectivity index (χ4v) is 1.82. The Bertz CT molecular complexity index is 370. The van der Waals surface area contributed by atoms with E-state index < -0.39 is 5.97 Å². The molecule has 3 nitrogen and oxygen atoms in total. The molecule has 1 rings (SSSR count). The highest BCUT2D eigenvalue weighted by atomic mass is 35.5. The number of carboxylic acids is 1. The van der Waals surface area contributed by atoms with Gasteiger partial charge in [-0.2, -0.15) is 0 Å². The summed E-state index contributed by atoms with van der Waals surface area (Å²) in [6.45, 7) is 4.66. The molecule has 0 saturated carbocycles. The molecular formula is C13H19ClFNO2. The Labute approximate surface area is 113 Å². The summed E-state index contributed by atoms with van der Waals surface area (Å²) in [7, 11) is 0. The van der Waals surface area contributed by atoms with Crippen LogP contribution in [-0.2, 0) is 4.79 Å². The molecule has 0 spiro atoms. The van der Waals surface area contributed by atoms with Gasteiger partial charge in [0.05, 0.1) is 6.54 Å². The van der Waals surface area contributed by atoms with Crippen molar-refractivity contribution in [3.63, 3.8) is 0 Å². The number of aliphatic carboxylic acids is 1. The predicted molar refractivity (Wildman–Crippen MR) is 71.6 cm³/mol. The average molecular weight is 276 g/mol. The van der Waals surface area contributed by atoms with Crippen molar-refractivity contribution in [2.75, 3.05) is 13.1 Å². The van der Waals surface area contributed by atoms with E-state index in [0.717, 1.165) is 12.0 Å². The van der Waals surface area contributed by atoms with Gasteiger partial charge in [-0.3, -0.25) is 9.69 Å². The molecule has 0 aliphatic heterocycles. The van der Waals surface area contributed by atoms with Crippen molar-refractivity contribution >= 4 is 18.4 Å². The lowest BCUT2D eigenvalue weighted by molar-refractivity contribution is -0.138. The number of benzene rings is 1. The lowest BCUT2D eigenvalue weighted by Crippen LogP contribution is -2.33. The van der Waals surface area contributed by atoms with Crippen molar-refractivity contribution in [2.45, 2.75) is 26.3 Å². The molecule has 0 aromatic heterocycles. The first kappa shape index (κ1) is 16.9. The second kappa shape index (κ2) is 8.06. The van der Waals surface area contributed by atoms with E-state index in [-0.39, 0.29) is 30.8 Å². The fraction of sp³-hybridized carbons (Fsp3) is 0.462. The topological polar surface area (TPSA) is 40.5 Å². The maximum Gasteiger partial charge on any atom is 0.317 e. The molecule has 1 aromatic carbocycles. The van der Waals surface area contributed by atoms with Crippen molar-refractivity contribution in [1.82, 2.24) is 4.90 Å². The van der Waals surface area contributed by atoms with E-state index in [4.69, 9.17) is 5.11 Å². The molecule has 0 aliphatic carbocycles. The minimum absolute atomic E-state index is 0. The second-order valence-corrected chi connectivity index (χ2v) is 4.09. The monoisotopic (exact) mass is 275 g/mol. The van der Waals surface area contributed by atoms with Gasteiger partial charge in [-0.1, -0.05) is 19.1 Å². The summed E-state index contributed by atoms with van der Waals surface area (Å²) in [4.78, 5) is 12.6. The summed E-state index contributed by atoms with van der Waals surface area (Å²) >= 11 is 0. The molecule has 0 amide bonds. The van der Waals surface area contributed by atoms with E-state index in [0.29, 0.717) is 6.54 Å². The summed E-state index contributed by atoms with van der Waals surface area (Å²) in [5.41, 5.74) is 0.932. The molecule has 0 saturated heterocycles. The van der Waals surface area contributed by atoms with Crippen LogP contribution in [0, 0.1) is 5.82 Å². The molecule has 0 radical (unpaired) electrons. The van der Waals surface area contributed by atoms with Crippen molar-refractivity contribution in [3.05, 3.63) is 35.6 Å². The maximum absolute atomic E-state index is 12.8. The van der Waals surface area contributed by atoms with Crippen LogP contribution in [0.3, 0.4) is 0 Å². The smallest absolute Gasteiger partial charge is 0.317 e. The number of nitrogens with zero attached hydrogens (tertiary/aromatic N) is 1. The Balaban J connectivity index is 0.00000289. The molecule has 0 fully saturated rings. The molecule has 102 valence electrons. The zero-order valence-corrected chi connectivity index (χ0v) is 11.4. The molecule has 18 heavy (non-hydrogen) atoms. The Morgan fingerprint density at radius 1 is 1.39 bits per heavy atom. The summed E-state index contributed by atoms with van der Waals surface area (Å²) in [6, 6.07) is 6.18. The molecule has 0 aliphatic rings. The van der Waals surface area contributed by atoms with Crippen molar-refractivity contribution in [2.24, 2.45) is 0 Å². The van der Waals surface area contributed by atoms with Crippen LogP contribution < -0.4 is 0 Å². The van der Waals surface area contributed by atoms with E-state index in [1.165, 1.54) is 12.1 Å². The van der Waals surface area contributed by atoms with Gasteiger partial charge in [-0.25, -0.2) is 4.39 Å². The van der Waals surface area contributed by atoms with Gasteiger partial charge in [0.1, 0.15) is 5.82 Å². The van der Waals surface area contributed by atoms with Crippen LogP contribution in [0.1, 0.15) is 31.9 Å². The Hall–Kier alpha value is -1.13. The minimum Gasteiger partial charge on any atom is -0.480 e. The Morgan fingerprint density at radius 3 is 2.39 bits per heavy atom. The quantitative estimate of drug-likeness (QED) is 0.867. The summed E-state index contributed by atoms with van der Waals surface area (Å²) < 4.78 is 12.8. The van der Waals surface area contributed by atoms with E-state index in [2.05, 4.69) is 0 Å². The first-order valence-corrected chi connectivity index (χ1v) is 5.76. The van der Waals surface area contributed by atoms with Crippen molar-refractivity contribution in [1.29, 1.82) is 0 Å². The van der Waals surface area contributed by atoms with Gasteiger partial charge in [-0.15, -0.1) is 12.4 Å². The van der Waals surface area contributed by atoms with Crippen LogP contribution >= 0.6 is 12.4 Å². The molecule has 1 atom stereocenters. The standard InChI is InChI=1S/C13H18FNO2.ClH/c1-3-8-15(9-13(16)17)10(2)11-4-6-12(14)7-5-11;/h4-7,10H,3,8-9H2,1-2H3,(H,16,17);1H. The highest BCUT2D eigenvalue weighted by molar-refractivity contribution is 5.85. The normalized spacial score (nSPS) is 12.0. The average Bonchev–Trinajstić information content (AvgIpc) is 2.28. The lowest BCUT2D eigenvalue weighted by atomic mass is 10.1. The SMILES string of the molecule is CCCN(CC(=O)O)C(C)c1ccc(F)cc1.Cl. The number of hydrogen-bond acceptors (Lipinski definition) is 2. The molecule has 5 heteroatoms. The predicted octanol–water partition coefficient (Wildman–Crippen LogP) is 3.11. The summed E-state index contributed by atoms with van der Waals surface area (Å²) in [5, 5.41) is 8.85. The summed E-state index contributed by atoms with van der Waals surface area (Å²) in [6.07, 6.45) is 0.888. The Morgan fingerprint density at radius 2 is 1.94 bits per heavy atom. The van der Waals surface area contributed by atoms with Gasteiger partial charge in [0, 0.05) is 6.04 Å².